The number of hydrogen-bond donors (Lipinski definition) is 1. The Morgan fingerprint density at radius 2 is 2.19 bits per heavy atom. The minimum atomic E-state index is -1.11. The number of aromatic nitrogens is 1. The summed E-state index contributed by atoms with van der Waals surface area (Å²) < 4.78 is 7.06. The van der Waals surface area contributed by atoms with E-state index in [1.807, 2.05) is 19.1 Å². The molecule has 0 saturated heterocycles. The number of fused-ring (bicyclic) bond motifs is 1. The van der Waals surface area contributed by atoms with Crippen molar-refractivity contribution in [2.45, 2.75) is 26.0 Å². The van der Waals surface area contributed by atoms with Gasteiger partial charge in [0.25, 0.3) is 5.56 Å². The first kappa shape index (κ1) is 13.4. The second-order valence-corrected chi connectivity index (χ2v) is 5.22. The summed E-state index contributed by atoms with van der Waals surface area (Å²) in [5, 5.41) is 9.17. The highest BCUT2D eigenvalue weighted by Gasteiger charge is 2.25. The average molecular weight is 285 g/mol. The van der Waals surface area contributed by atoms with Crippen molar-refractivity contribution in [3.8, 4) is 5.75 Å². The van der Waals surface area contributed by atoms with Crippen molar-refractivity contribution < 1.29 is 14.6 Å². The fraction of sp³-hybridized carbons (Fsp3) is 0.250. The van der Waals surface area contributed by atoms with Crippen LogP contribution in [0.4, 0.5) is 0 Å². The summed E-state index contributed by atoms with van der Waals surface area (Å²) in [6.45, 7) is 2.24. The Morgan fingerprint density at radius 3 is 2.95 bits per heavy atom. The number of rotatable bonds is 3. The van der Waals surface area contributed by atoms with Crippen molar-refractivity contribution in [3.05, 3.63) is 63.6 Å². The van der Waals surface area contributed by atoms with Gasteiger partial charge >= 0.3 is 5.97 Å². The quantitative estimate of drug-likeness (QED) is 0.934. The van der Waals surface area contributed by atoms with E-state index >= 15 is 0 Å². The normalized spacial score (nSPS) is 16.3. The maximum absolute atomic E-state index is 11.9. The Labute approximate surface area is 121 Å². The molecule has 1 aromatic heterocycles. The lowest BCUT2D eigenvalue weighted by Crippen LogP contribution is -2.32. The van der Waals surface area contributed by atoms with Gasteiger partial charge in [0.05, 0.1) is 6.54 Å². The summed E-state index contributed by atoms with van der Waals surface area (Å²) in [5.41, 5.74) is 1.91. The molecule has 1 atom stereocenters. The van der Waals surface area contributed by atoms with E-state index < -0.39 is 5.97 Å². The topological polar surface area (TPSA) is 68.5 Å². The van der Waals surface area contributed by atoms with Gasteiger partial charge < -0.3 is 9.84 Å². The van der Waals surface area contributed by atoms with Crippen molar-refractivity contribution in [2.75, 3.05) is 0 Å². The molecule has 1 N–H and O–H groups in total. The predicted molar refractivity (Wildman–Crippen MR) is 77.0 cm³/mol. The van der Waals surface area contributed by atoms with Crippen LogP contribution in [0, 0.1) is 6.92 Å². The SMILES string of the molecule is Cc1ccc2c(c1)CC(Cn1c(C(=O)O)cccc1=O)O2. The Balaban J connectivity index is 1.87. The molecule has 2 aromatic rings. The second-order valence-electron chi connectivity index (χ2n) is 5.22. The van der Waals surface area contributed by atoms with Crippen molar-refractivity contribution in [1.82, 2.24) is 4.57 Å². The van der Waals surface area contributed by atoms with Crippen molar-refractivity contribution in [3.63, 3.8) is 0 Å². The van der Waals surface area contributed by atoms with E-state index in [0.717, 1.165) is 16.9 Å². The van der Waals surface area contributed by atoms with Gasteiger partial charge in [-0.1, -0.05) is 23.8 Å². The van der Waals surface area contributed by atoms with Crippen LogP contribution < -0.4 is 10.3 Å². The Hall–Kier alpha value is -2.56. The molecule has 1 unspecified atom stereocenters. The van der Waals surface area contributed by atoms with Crippen LogP contribution in [0.3, 0.4) is 0 Å². The van der Waals surface area contributed by atoms with Gasteiger partial charge in [-0.2, -0.15) is 0 Å². The molecule has 5 heteroatoms. The van der Waals surface area contributed by atoms with Gasteiger partial charge in [0.1, 0.15) is 17.5 Å². The molecular formula is C16H15NO4. The summed E-state index contributed by atoms with van der Waals surface area (Å²) in [5.74, 6) is -0.300. The third-order valence-corrected chi connectivity index (χ3v) is 3.61. The first-order valence-corrected chi connectivity index (χ1v) is 6.74. The summed E-state index contributed by atoms with van der Waals surface area (Å²) in [6, 6.07) is 10.2. The van der Waals surface area contributed by atoms with E-state index in [-0.39, 0.29) is 23.9 Å². The maximum atomic E-state index is 11.9. The minimum Gasteiger partial charge on any atom is -0.488 e. The lowest BCUT2D eigenvalue weighted by Gasteiger charge is -2.14. The maximum Gasteiger partial charge on any atom is 0.352 e. The Kier molecular flexibility index (Phi) is 3.25. The molecule has 0 fully saturated rings. The van der Waals surface area contributed by atoms with Crippen LogP contribution in [-0.4, -0.2) is 21.7 Å². The number of carboxylic acids is 1. The van der Waals surface area contributed by atoms with Crippen molar-refractivity contribution >= 4 is 5.97 Å². The molecule has 3 rings (SSSR count). The van der Waals surface area contributed by atoms with Gasteiger partial charge in [-0.3, -0.25) is 9.36 Å². The molecule has 21 heavy (non-hydrogen) atoms. The van der Waals surface area contributed by atoms with Crippen LogP contribution in [0.1, 0.15) is 21.6 Å². The highest BCUT2D eigenvalue weighted by Crippen LogP contribution is 2.30. The summed E-state index contributed by atoms with van der Waals surface area (Å²) in [4.78, 5) is 23.1. The zero-order valence-electron chi connectivity index (χ0n) is 11.6. The van der Waals surface area contributed by atoms with E-state index in [9.17, 15) is 14.7 Å². The fourth-order valence-corrected chi connectivity index (χ4v) is 2.65. The van der Waals surface area contributed by atoms with Gasteiger partial charge in [0.15, 0.2) is 0 Å². The molecule has 108 valence electrons. The lowest BCUT2D eigenvalue weighted by atomic mass is 10.1. The van der Waals surface area contributed by atoms with Gasteiger partial charge in [0.2, 0.25) is 0 Å². The van der Waals surface area contributed by atoms with E-state index in [1.165, 1.54) is 22.8 Å². The second kappa shape index (κ2) is 5.09. The molecule has 2 heterocycles. The van der Waals surface area contributed by atoms with E-state index in [4.69, 9.17) is 4.74 Å². The number of benzene rings is 1. The molecule has 0 amide bonds. The van der Waals surface area contributed by atoms with Crippen molar-refractivity contribution in [1.29, 1.82) is 0 Å². The molecule has 0 saturated carbocycles. The number of aromatic carboxylic acids is 1. The van der Waals surface area contributed by atoms with Crippen LogP contribution in [0.2, 0.25) is 0 Å². The van der Waals surface area contributed by atoms with Crippen LogP contribution in [0.25, 0.3) is 0 Å². The number of carboxylic acid groups (broad SMARTS) is 1. The fourth-order valence-electron chi connectivity index (χ4n) is 2.65. The summed E-state index contributed by atoms with van der Waals surface area (Å²) >= 11 is 0. The third kappa shape index (κ3) is 2.54. The average Bonchev–Trinajstić information content (AvgIpc) is 2.82. The minimum absolute atomic E-state index is 0.0155. The molecule has 0 radical (unpaired) electrons. The van der Waals surface area contributed by atoms with Crippen LogP contribution in [-0.2, 0) is 13.0 Å². The molecule has 0 aliphatic carbocycles. The molecule has 1 aromatic carbocycles. The zero-order chi connectivity index (χ0) is 15.0. The predicted octanol–water partition coefficient (Wildman–Crippen LogP) is 1.86. The van der Waals surface area contributed by atoms with Gasteiger partial charge in [-0.25, -0.2) is 4.79 Å². The van der Waals surface area contributed by atoms with Gasteiger partial charge in [-0.15, -0.1) is 0 Å². The van der Waals surface area contributed by atoms with Gasteiger partial charge in [-0.05, 0) is 24.6 Å². The number of ether oxygens (including phenoxy) is 1. The first-order chi connectivity index (χ1) is 10.0. The molecule has 1 aliphatic rings. The smallest absolute Gasteiger partial charge is 0.352 e. The van der Waals surface area contributed by atoms with E-state index in [2.05, 4.69) is 6.07 Å². The largest absolute Gasteiger partial charge is 0.488 e. The number of pyridine rings is 1. The number of aryl methyl sites for hydroxylation is 1. The van der Waals surface area contributed by atoms with Crippen LogP contribution in [0.15, 0.2) is 41.2 Å². The molecule has 0 bridgehead atoms. The molecular weight excluding hydrogens is 270 g/mol. The standard InChI is InChI=1S/C16H15NO4/c1-10-5-6-14-11(7-10)8-12(21-14)9-17-13(16(19)20)3-2-4-15(17)18/h2-7,12H,8-9H2,1H3,(H,19,20). The Morgan fingerprint density at radius 1 is 1.38 bits per heavy atom. The molecule has 0 spiro atoms. The lowest BCUT2D eigenvalue weighted by molar-refractivity contribution is 0.0680. The van der Waals surface area contributed by atoms with E-state index in [0.29, 0.717) is 6.42 Å². The summed E-state index contributed by atoms with van der Waals surface area (Å²) in [7, 11) is 0. The van der Waals surface area contributed by atoms with Gasteiger partial charge in [0, 0.05) is 12.5 Å². The monoisotopic (exact) mass is 285 g/mol. The first-order valence-electron chi connectivity index (χ1n) is 6.74. The highest BCUT2D eigenvalue weighted by atomic mass is 16.5. The van der Waals surface area contributed by atoms with Crippen LogP contribution in [0.5, 0.6) is 5.75 Å². The number of nitrogens with zero attached hydrogens (tertiary/aromatic N) is 1. The highest BCUT2D eigenvalue weighted by molar-refractivity contribution is 5.85. The zero-order valence-corrected chi connectivity index (χ0v) is 11.6. The third-order valence-electron chi connectivity index (χ3n) is 3.61. The molecule has 5 nitrogen and oxygen atoms in total. The number of hydrogen-bond acceptors (Lipinski definition) is 3. The Bertz CT molecular complexity index is 763. The number of carbonyl (C=O) groups is 1. The van der Waals surface area contributed by atoms with Crippen LogP contribution >= 0.6 is 0 Å². The van der Waals surface area contributed by atoms with E-state index in [1.54, 1.807) is 0 Å². The summed E-state index contributed by atoms with van der Waals surface area (Å²) in [6.07, 6.45) is 0.456. The van der Waals surface area contributed by atoms with Crippen molar-refractivity contribution in [2.24, 2.45) is 0 Å². The molecule has 1 aliphatic heterocycles.